The van der Waals surface area contributed by atoms with Gasteiger partial charge in [0.15, 0.2) is 5.78 Å². The van der Waals surface area contributed by atoms with Gasteiger partial charge in [-0.25, -0.2) is 4.98 Å². The molecule has 33 heavy (non-hydrogen) atoms. The molecule has 3 heterocycles. The van der Waals surface area contributed by atoms with Gasteiger partial charge in [0, 0.05) is 10.4 Å². The second kappa shape index (κ2) is 9.04. The predicted molar refractivity (Wildman–Crippen MR) is 134 cm³/mol. The second-order valence-corrected chi connectivity index (χ2v) is 9.94. The van der Waals surface area contributed by atoms with Gasteiger partial charge in [-0.05, 0) is 56.5 Å². The molecule has 4 aromatic rings. The van der Waals surface area contributed by atoms with E-state index in [2.05, 4.69) is 4.90 Å². The summed E-state index contributed by atoms with van der Waals surface area (Å²) >= 11 is 1.56. The van der Waals surface area contributed by atoms with Crippen molar-refractivity contribution in [1.29, 1.82) is 0 Å². The molecule has 1 aliphatic heterocycles. The number of hydrogen-bond acceptors (Lipinski definition) is 5. The zero-order valence-corrected chi connectivity index (χ0v) is 19.8. The van der Waals surface area contributed by atoms with Crippen molar-refractivity contribution in [3.05, 3.63) is 86.8 Å². The highest BCUT2D eigenvalue weighted by molar-refractivity contribution is 7.18. The van der Waals surface area contributed by atoms with Crippen LogP contribution in [0.2, 0.25) is 0 Å². The third-order valence-electron chi connectivity index (χ3n) is 6.55. The quantitative estimate of drug-likeness (QED) is 0.373. The van der Waals surface area contributed by atoms with Gasteiger partial charge >= 0.3 is 0 Å². The fourth-order valence-corrected chi connectivity index (χ4v) is 5.55. The summed E-state index contributed by atoms with van der Waals surface area (Å²) in [5.41, 5.74) is 3.64. The maximum absolute atomic E-state index is 13.5. The Bertz CT molecular complexity index is 1360. The fourth-order valence-electron chi connectivity index (χ4n) is 4.51. The Morgan fingerprint density at radius 2 is 1.64 bits per heavy atom. The number of ketones is 1. The summed E-state index contributed by atoms with van der Waals surface area (Å²) in [6.07, 6.45) is 2.33. The van der Waals surface area contributed by atoms with E-state index in [0.717, 1.165) is 52.3 Å². The van der Waals surface area contributed by atoms with Crippen molar-refractivity contribution < 1.29 is 4.79 Å². The number of Topliss-reactive ketones (excluding diaryl/α,β-unsaturated/α-hetero) is 1. The van der Waals surface area contributed by atoms with Gasteiger partial charge in [-0.3, -0.25) is 19.1 Å². The van der Waals surface area contributed by atoms with Crippen LogP contribution in [0, 0.1) is 13.8 Å². The van der Waals surface area contributed by atoms with Crippen molar-refractivity contribution in [2.75, 3.05) is 13.1 Å². The van der Waals surface area contributed by atoms with Crippen molar-refractivity contribution in [1.82, 2.24) is 14.5 Å². The first kappa shape index (κ1) is 21.7. The van der Waals surface area contributed by atoms with Crippen molar-refractivity contribution >= 4 is 27.3 Å². The molecule has 0 saturated carbocycles. The molecule has 0 aliphatic carbocycles. The van der Waals surface area contributed by atoms with Gasteiger partial charge in [0.2, 0.25) is 0 Å². The van der Waals surface area contributed by atoms with Crippen LogP contribution in [-0.2, 0) is 13.1 Å². The molecule has 0 spiro atoms. The SMILES string of the molecule is Cc1sc2nc(CN3CCCC3)n(CC(=O)c3ccc(-c4ccccc4)cc3)c(=O)c2c1C. The van der Waals surface area contributed by atoms with Crippen LogP contribution in [0.4, 0.5) is 0 Å². The van der Waals surface area contributed by atoms with Crippen LogP contribution in [0.15, 0.2) is 59.4 Å². The van der Waals surface area contributed by atoms with Crippen molar-refractivity contribution in [2.45, 2.75) is 39.8 Å². The topological polar surface area (TPSA) is 55.2 Å². The molecule has 0 unspecified atom stereocenters. The monoisotopic (exact) mass is 457 g/mol. The summed E-state index contributed by atoms with van der Waals surface area (Å²) in [6, 6.07) is 17.7. The number of aromatic nitrogens is 2. The summed E-state index contributed by atoms with van der Waals surface area (Å²) < 4.78 is 1.60. The maximum atomic E-state index is 13.5. The van der Waals surface area contributed by atoms with E-state index in [1.54, 1.807) is 15.9 Å². The van der Waals surface area contributed by atoms with Gasteiger partial charge in [0.1, 0.15) is 10.7 Å². The van der Waals surface area contributed by atoms with Crippen molar-refractivity contribution in [3.8, 4) is 11.1 Å². The lowest BCUT2D eigenvalue weighted by molar-refractivity contribution is 0.0968. The normalized spacial score (nSPS) is 14.2. The van der Waals surface area contributed by atoms with Crippen LogP contribution in [0.5, 0.6) is 0 Å². The van der Waals surface area contributed by atoms with Crippen LogP contribution in [0.25, 0.3) is 21.3 Å². The highest BCUT2D eigenvalue weighted by Gasteiger charge is 2.21. The van der Waals surface area contributed by atoms with Crippen molar-refractivity contribution in [2.24, 2.45) is 0 Å². The third kappa shape index (κ3) is 4.28. The molecule has 2 aromatic heterocycles. The summed E-state index contributed by atoms with van der Waals surface area (Å²) in [5, 5.41) is 0.648. The molecule has 0 amide bonds. The Balaban J connectivity index is 1.49. The number of carbonyl (C=O) groups is 1. The predicted octanol–water partition coefficient (Wildman–Crippen LogP) is 5.22. The lowest BCUT2D eigenvalue weighted by atomic mass is 10.0. The van der Waals surface area contributed by atoms with E-state index in [1.807, 2.05) is 68.4 Å². The molecule has 5 rings (SSSR count). The van der Waals surface area contributed by atoms with E-state index in [-0.39, 0.29) is 17.9 Å². The molecular formula is C27H27N3O2S. The molecule has 1 aliphatic rings. The molecule has 0 radical (unpaired) electrons. The molecular weight excluding hydrogens is 430 g/mol. The lowest BCUT2D eigenvalue weighted by Gasteiger charge is -2.18. The minimum absolute atomic E-state index is 0.00393. The van der Waals surface area contributed by atoms with E-state index >= 15 is 0 Å². The average molecular weight is 458 g/mol. The first-order chi connectivity index (χ1) is 16.0. The number of carbonyl (C=O) groups excluding carboxylic acids is 1. The number of benzene rings is 2. The molecule has 168 valence electrons. The van der Waals surface area contributed by atoms with Gasteiger partial charge in [-0.1, -0.05) is 54.6 Å². The smallest absolute Gasteiger partial charge is 0.263 e. The molecule has 5 nitrogen and oxygen atoms in total. The summed E-state index contributed by atoms with van der Waals surface area (Å²) in [7, 11) is 0. The second-order valence-electron chi connectivity index (χ2n) is 8.73. The van der Waals surface area contributed by atoms with E-state index < -0.39 is 0 Å². The first-order valence-electron chi connectivity index (χ1n) is 11.4. The highest BCUT2D eigenvalue weighted by atomic mass is 32.1. The highest BCUT2D eigenvalue weighted by Crippen LogP contribution is 2.27. The molecule has 6 heteroatoms. The Kier molecular flexibility index (Phi) is 5.96. The van der Waals surface area contributed by atoms with Crippen LogP contribution < -0.4 is 5.56 Å². The van der Waals surface area contributed by atoms with E-state index in [4.69, 9.17) is 4.98 Å². The number of nitrogens with zero attached hydrogens (tertiary/aromatic N) is 3. The lowest BCUT2D eigenvalue weighted by Crippen LogP contribution is -2.32. The molecule has 1 fully saturated rings. The third-order valence-corrected chi connectivity index (χ3v) is 7.65. The Morgan fingerprint density at radius 3 is 2.33 bits per heavy atom. The summed E-state index contributed by atoms with van der Waals surface area (Å²) in [4.78, 5) is 35.8. The Labute approximate surface area is 197 Å². The standard InChI is InChI=1S/C27H27N3O2S/c1-18-19(2)33-26-25(18)27(32)30(24(28-26)17-29-14-6-7-15-29)16-23(31)22-12-10-21(11-13-22)20-8-4-3-5-9-20/h3-5,8-13H,6-7,14-17H2,1-2H3. The van der Waals surface area contributed by atoms with Crippen molar-refractivity contribution in [3.63, 3.8) is 0 Å². The zero-order valence-electron chi connectivity index (χ0n) is 19.0. The number of aryl methyl sites for hydroxylation is 2. The van der Waals surface area contributed by atoms with E-state index in [0.29, 0.717) is 23.3 Å². The van der Waals surface area contributed by atoms with Crippen LogP contribution >= 0.6 is 11.3 Å². The number of rotatable bonds is 6. The van der Waals surface area contributed by atoms with Gasteiger partial charge in [0.25, 0.3) is 5.56 Å². The number of thiophene rings is 1. The number of fused-ring (bicyclic) bond motifs is 1. The summed E-state index contributed by atoms with van der Waals surface area (Å²) in [6.45, 7) is 6.60. The van der Waals surface area contributed by atoms with Gasteiger partial charge in [-0.15, -0.1) is 11.3 Å². The van der Waals surface area contributed by atoms with Crippen LogP contribution in [0.3, 0.4) is 0 Å². The molecule has 0 bridgehead atoms. The van der Waals surface area contributed by atoms with Gasteiger partial charge < -0.3 is 0 Å². The van der Waals surface area contributed by atoms with Gasteiger partial charge in [0.05, 0.1) is 18.5 Å². The average Bonchev–Trinajstić information content (AvgIpc) is 3.44. The maximum Gasteiger partial charge on any atom is 0.263 e. The minimum atomic E-state index is -0.106. The van der Waals surface area contributed by atoms with Crippen LogP contribution in [0.1, 0.15) is 39.5 Å². The van der Waals surface area contributed by atoms with E-state index in [9.17, 15) is 9.59 Å². The molecule has 0 N–H and O–H groups in total. The van der Waals surface area contributed by atoms with Gasteiger partial charge in [-0.2, -0.15) is 0 Å². The zero-order chi connectivity index (χ0) is 22.9. The van der Waals surface area contributed by atoms with E-state index in [1.165, 1.54) is 0 Å². The minimum Gasteiger partial charge on any atom is -0.296 e. The Morgan fingerprint density at radius 1 is 0.970 bits per heavy atom. The van der Waals surface area contributed by atoms with Crippen LogP contribution in [-0.4, -0.2) is 33.3 Å². The largest absolute Gasteiger partial charge is 0.296 e. The number of hydrogen-bond donors (Lipinski definition) is 0. The Hall–Kier alpha value is -3.09. The first-order valence-corrected chi connectivity index (χ1v) is 12.2. The summed E-state index contributed by atoms with van der Waals surface area (Å²) in [5.74, 6) is 0.607. The number of likely N-dealkylation sites (tertiary alicyclic amines) is 1. The molecule has 2 aromatic carbocycles. The molecule has 1 saturated heterocycles. The molecule has 0 atom stereocenters. The fraction of sp³-hybridized carbons (Fsp3) is 0.296.